The normalized spacial score (nSPS) is 20.8. The van der Waals surface area contributed by atoms with Crippen molar-refractivity contribution in [3.8, 4) is 0 Å². The molecule has 22 heavy (non-hydrogen) atoms. The molecule has 1 unspecified atom stereocenters. The molecule has 1 fully saturated rings. The van der Waals surface area contributed by atoms with Gasteiger partial charge in [-0.05, 0) is 44.7 Å². The quantitative estimate of drug-likeness (QED) is 0.502. The van der Waals surface area contributed by atoms with E-state index in [9.17, 15) is 5.11 Å². The van der Waals surface area contributed by atoms with Gasteiger partial charge < -0.3 is 15.6 Å². The van der Waals surface area contributed by atoms with Crippen molar-refractivity contribution in [1.82, 2.24) is 0 Å². The highest BCUT2D eigenvalue weighted by atomic mass is 16.5. The van der Waals surface area contributed by atoms with Crippen molar-refractivity contribution in [2.75, 3.05) is 13.2 Å². The number of rotatable bonds is 9. The van der Waals surface area contributed by atoms with Crippen molar-refractivity contribution in [3.05, 3.63) is 36.5 Å². The molecule has 0 aromatic carbocycles. The Bertz CT molecular complexity index is 366. The number of hydrogen-bond donors (Lipinski definition) is 2. The summed E-state index contributed by atoms with van der Waals surface area (Å²) < 4.78 is 5.91. The summed E-state index contributed by atoms with van der Waals surface area (Å²) in [5, 5.41) is 10.6. The van der Waals surface area contributed by atoms with E-state index < -0.39 is 5.60 Å². The Morgan fingerprint density at radius 3 is 2.59 bits per heavy atom. The van der Waals surface area contributed by atoms with Crippen LogP contribution in [-0.4, -0.2) is 30.0 Å². The summed E-state index contributed by atoms with van der Waals surface area (Å²) >= 11 is 0. The summed E-state index contributed by atoms with van der Waals surface area (Å²) in [7, 11) is 0. The highest BCUT2D eigenvalue weighted by Gasteiger charge is 2.28. The van der Waals surface area contributed by atoms with E-state index in [0.717, 1.165) is 38.5 Å². The van der Waals surface area contributed by atoms with Crippen molar-refractivity contribution < 1.29 is 9.84 Å². The fourth-order valence-electron chi connectivity index (χ4n) is 2.89. The summed E-state index contributed by atoms with van der Waals surface area (Å²) in [6, 6.07) is 0. The Kier molecular flexibility index (Phi) is 9.37. The molecule has 0 heterocycles. The van der Waals surface area contributed by atoms with Crippen LogP contribution in [0, 0.1) is 0 Å². The van der Waals surface area contributed by atoms with Gasteiger partial charge in [0.1, 0.15) is 0 Å². The van der Waals surface area contributed by atoms with E-state index in [1.54, 1.807) is 6.08 Å². The first-order valence-electron chi connectivity index (χ1n) is 8.63. The zero-order valence-corrected chi connectivity index (χ0v) is 14.1. The molecule has 1 atom stereocenters. The van der Waals surface area contributed by atoms with Crippen LogP contribution < -0.4 is 5.73 Å². The van der Waals surface area contributed by atoms with Gasteiger partial charge in [0.25, 0.3) is 0 Å². The lowest BCUT2D eigenvalue weighted by Gasteiger charge is -2.27. The van der Waals surface area contributed by atoms with Crippen LogP contribution >= 0.6 is 0 Å². The summed E-state index contributed by atoms with van der Waals surface area (Å²) in [4.78, 5) is 0. The van der Waals surface area contributed by atoms with Gasteiger partial charge in [0.2, 0.25) is 0 Å². The molecule has 1 aliphatic rings. The highest BCUT2D eigenvalue weighted by Crippen LogP contribution is 2.27. The molecule has 0 aromatic rings. The first kappa shape index (κ1) is 19.1. The standard InChI is InChI=1S/C19H33NO2/c1-3-4-10-18(11-9-14-20)15-17(2)22-16-19(21)12-7-5-6-8-13-19/h3-4,10,15,17,21H,1,5-9,11-14,16,20H2,2H3/b10-4-,18-15+. The van der Waals surface area contributed by atoms with Gasteiger partial charge >= 0.3 is 0 Å². The van der Waals surface area contributed by atoms with Crippen molar-refractivity contribution in [2.24, 2.45) is 5.73 Å². The van der Waals surface area contributed by atoms with E-state index in [2.05, 4.69) is 18.7 Å². The Morgan fingerprint density at radius 1 is 1.32 bits per heavy atom. The average Bonchev–Trinajstić information content (AvgIpc) is 2.73. The summed E-state index contributed by atoms with van der Waals surface area (Å²) in [6.45, 7) is 6.86. The fraction of sp³-hybridized carbons (Fsp3) is 0.684. The minimum Gasteiger partial charge on any atom is -0.387 e. The van der Waals surface area contributed by atoms with Crippen molar-refractivity contribution in [2.45, 2.75) is 70.0 Å². The van der Waals surface area contributed by atoms with Gasteiger partial charge in [-0.1, -0.05) is 56.6 Å². The average molecular weight is 307 g/mol. The van der Waals surface area contributed by atoms with Gasteiger partial charge in [0.05, 0.1) is 18.3 Å². The lowest BCUT2D eigenvalue weighted by Crippen LogP contribution is -2.35. The molecule has 126 valence electrons. The first-order chi connectivity index (χ1) is 10.6. The van der Waals surface area contributed by atoms with Gasteiger partial charge in [-0.25, -0.2) is 0 Å². The Balaban J connectivity index is 2.52. The minimum absolute atomic E-state index is 0.00508. The Morgan fingerprint density at radius 2 is 2.00 bits per heavy atom. The van der Waals surface area contributed by atoms with Gasteiger partial charge in [-0.2, -0.15) is 0 Å². The van der Waals surface area contributed by atoms with E-state index >= 15 is 0 Å². The van der Waals surface area contributed by atoms with E-state index in [1.807, 2.05) is 13.0 Å². The van der Waals surface area contributed by atoms with Gasteiger partial charge in [-0.3, -0.25) is 0 Å². The zero-order valence-electron chi connectivity index (χ0n) is 14.1. The topological polar surface area (TPSA) is 55.5 Å². The van der Waals surface area contributed by atoms with Gasteiger partial charge in [0, 0.05) is 0 Å². The molecule has 0 aromatic heterocycles. The van der Waals surface area contributed by atoms with Crippen LogP contribution in [0.4, 0.5) is 0 Å². The summed E-state index contributed by atoms with van der Waals surface area (Å²) in [5.74, 6) is 0. The van der Waals surface area contributed by atoms with E-state index in [0.29, 0.717) is 13.2 Å². The van der Waals surface area contributed by atoms with Crippen LogP contribution in [-0.2, 0) is 4.74 Å². The second-order valence-corrected chi connectivity index (χ2v) is 6.38. The molecule has 0 bridgehead atoms. The summed E-state index contributed by atoms with van der Waals surface area (Å²) in [6.07, 6.45) is 16.2. The van der Waals surface area contributed by atoms with Crippen LogP contribution in [0.3, 0.4) is 0 Å². The van der Waals surface area contributed by atoms with Gasteiger partial charge in [0.15, 0.2) is 0 Å². The van der Waals surface area contributed by atoms with E-state index in [-0.39, 0.29) is 6.10 Å². The molecule has 3 nitrogen and oxygen atoms in total. The third-order valence-corrected chi connectivity index (χ3v) is 4.21. The number of ether oxygens (including phenoxy) is 1. The third kappa shape index (κ3) is 7.92. The smallest absolute Gasteiger partial charge is 0.0880 e. The van der Waals surface area contributed by atoms with Crippen LogP contribution in [0.1, 0.15) is 58.3 Å². The lowest BCUT2D eigenvalue weighted by molar-refractivity contribution is -0.0669. The molecule has 0 saturated heterocycles. The molecule has 0 radical (unpaired) electrons. The molecule has 1 rings (SSSR count). The molecular formula is C19H33NO2. The second-order valence-electron chi connectivity index (χ2n) is 6.38. The number of hydrogen-bond acceptors (Lipinski definition) is 3. The maximum Gasteiger partial charge on any atom is 0.0880 e. The second kappa shape index (κ2) is 10.8. The molecule has 1 saturated carbocycles. The van der Waals surface area contributed by atoms with Crippen molar-refractivity contribution >= 4 is 0 Å². The van der Waals surface area contributed by atoms with Gasteiger partial charge in [-0.15, -0.1) is 0 Å². The molecule has 0 amide bonds. The fourth-order valence-corrected chi connectivity index (χ4v) is 2.89. The van der Waals surface area contributed by atoms with Crippen LogP contribution in [0.2, 0.25) is 0 Å². The first-order valence-corrected chi connectivity index (χ1v) is 8.63. The van der Waals surface area contributed by atoms with Crippen LogP contribution in [0.25, 0.3) is 0 Å². The number of aliphatic hydroxyl groups is 1. The largest absolute Gasteiger partial charge is 0.387 e. The molecular weight excluding hydrogens is 274 g/mol. The maximum absolute atomic E-state index is 10.6. The minimum atomic E-state index is -0.632. The predicted molar refractivity (Wildman–Crippen MR) is 93.8 cm³/mol. The lowest BCUT2D eigenvalue weighted by atomic mass is 9.95. The van der Waals surface area contributed by atoms with E-state index in [1.165, 1.54) is 18.4 Å². The van der Waals surface area contributed by atoms with Crippen molar-refractivity contribution in [1.29, 1.82) is 0 Å². The molecule has 3 heteroatoms. The third-order valence-electron chi connectivity index (χ3n) is 4.21. The highest BCUT2D eigenvalue weighted by molar-refractivity contribution is 5.22. The molecule has 0 aliphatic heterocycles. The number of nitrogens with two attached hydrogens (primary N) is 1. The summed E-state index contributed by atoms with van der Waals surface area (Å²) in [5.41, 5.74) is 6.17. The van der Waals surface area contributed by atoms with Crippen LogP contribution in [0.15, 0.2) is 36.5 Å². The molecule has 0 spiro atoms. The van der Waals surface area contributed by atoms with Crippen LogP contribution in [0.5, 0.6) is 0 Å². The number of allylic oxidation sites excluding steroid dienone is 4. The van der Waals surface area contributed by atoms with E-state index in [4.69, 9.17) is 10.5 Å². The molecule has 1 aliphatic carbocycles. The SMILES string of the molecule is C=C/C=C\C(=C/C(C)OCC1(O)CCCCCC1)CCCN. The Labute approximate surface area is 135 Å². The predicted octanol–water partition coefficient (Wildman–Crippen LogP) is 3.88. The molecule has 3 N–H and O–H groups in total. The monoisotopic (exact) mass is 307 g/mol. The zero-order chi connectivity index (χ0) is 16.3. The van der Waals surface area contributed by atoms with Crippen molar-refractivity contribution in [3.63, 3.8) is 0 Å². The Hall–Kier alpha value is -0.900. The maximum atomic E-state index is 10.6.